The van der Waals surface area contributed by atoms with Crippen LogP contribution in [-0.4, -0.2) is 46.7 Å². The van der Waals surface area contributed by atoms with Crippen molar-refractivity contribution in [3.63, 3.8) is 0 Å². The number of aliphatic carboxylic acids is 1. The smallest absolute Gasteiger partial charge is 0.310 e. The number of amides is 1. The highest BCUT2D eigenvalue weighted by molar-refractivity contribution is 5.91. The third-order valence-corrected chi connectivity index (χ3v) is 5.87. The first-order valence-corrected chi connectivity index (χ1v) is 9.05. The van der Waals surface area contributed by atoms with Gasteiger partial charge in [-0.1, -0.05) is 29.9 Å². The van der Waals surface area contributed by atoms with Gasteiger partial charge in [0.25, 0.3) is 0 Å². The first kappa shape index (κ1) is 17.8. The van der Waals surface area contributed by atoms with Gasteiger partial charge in [-0.2, -0.15) is 0 Å². The maximum atomic E-state index is 13.3. The van der Waals surface area contributed by atoms with Crippen molar-refractivity contribution in [2.45, 2.75) is 37.6 Å². The van der Waals surface area contributed by atoms with Crippen molar-refractivity contribution in [1.29, 1.82) is 0 Å². The number of fused-ring (bicyclic) bond motifs is 1. The summed E-state index contributed by atoms with van der Waals surface area (Å²) in [5.74, 6) is -1.92. The molecule has 5 atom stereocenters. The molecule has 2 fully saturated rings. The van der Waals surface area contributed by atoms with E-state index in [1.807, 2.05) is 37.3 Å². The fourth-order valence-corrected chi connectivity index (χ4v) is 4.72. The van der Waals surface area contributed by atoms with Crippen LogP contribution >= 0.6 is 0 Å². The van der Waals surface area contributed by atoms with Crippen LogP contribution in [0.25, 0.3) is 0 Å². The summed E-state index contributed by atoms with van der Waals surface area (Å²) in [6.45, 7) is 6.32. The highest BCUT2D eigenvalue weighted by Crippen LogP contribution is 2.56. The van der Waals surface area contributed by atoms with Gasteiger partial charge in [-0.15, -0.1) is 6.58 Å². The number of hydrogen-bond acceptors (Lipinski definition) is 4. The van der Waals surface area contributed by atoms with E-state index in [9.17, 15) is 14.7 Å². The fraction of sp³-hybridized carbons (Fsp3) is 0.429. The minimum atomic E-state index is -0.982. The lowest BCUT2D eigenvalue weighted by atomic mass is 9.74. The lowest BCUT2D eigenvalue weighted by Gasteiger charge is -2.33. The summed E-state index contributed by atoms with van der Waals surface area (Å²) in [6, 6.07) is 7.27. The predicted molar refractivity (Wildman–Crippen MR) is 98.1 cm³/mol. The number of benzene rings is 1. The van der Waals surface area contributed by atoms with E-state index in [0.29, 0.717) is 13.0 Å². The summed E-state index contributed by atoms with van der Waals surface area (Å²) in [6.07, 6.45) is 3.74. The molecule has 3 heterocycles. The van der Waals surface area contributed by atoms with Crippen LogP contribution in [0.1, 0.15) is 18.9 Å². The second-order valence-electron chi connectivity index (χ2n) is 7.63. The zero-order valence-electron chi connectivity index (χ0n) is 15.4. The molecule has 1 N–H and O–H groups in total. The molecular weight excluding hydrogens is 346 g/mol. The van der Waals surface area contributed by atoms with Crippen molar-refractivity contribution in [3.8, 4) is 5.75 Å². The normalized spacial score (nSPS) is 33.4. The number of carboxylic acids is 1. The van der Waals surface area contributed by atoms with Crippen molar-refractivity contribution in [2.24, 2.45) is 11.8 Å². The Labute approximate surface area is 158 Å². The molecule has 6 nitrogen and oxygen atoms in total. The molecule has 1 aromatic rings. The van der Waals surface area contributed by atoms with Gasteiger partial charge < -0.3 is 19.5 Å². The number of carbonyl (C=O) groups is 2. The van der Waals surface area contributed by atoms with Crippen LogP contribution in [0.3, 0.4) is 0 Å². The van der Waals surface area contributed by atoms with Crippen LogP contribution in [0.5, 0.6) is 5.75 Å². The Morgan fingerprint density at radius 1 is 1.37 bits per heavy atom. The Kier molecular flexibility index (Phi) is 4.11. The molecule has 1 aromatic carbocycles. The summed E-state index contributed by atoms with van der Waals surface area (Å²) in [5, 5.41) is 9.68. The first-order valence-electron chi connectivity index (χ1n) is 9.05. The molecule has 27 heavy (non-hydrogen) atoms. The molecular formula is C21H23NO5. The molecule has 142 valence electrons. The Bertz CT molecular complexity index is 829. The molecule has 6 heteroatoms. The lowest BCUT2D eigenvalue weighted by Crippen LogP contribution is -2.45. The maximum absolute atomic E-state index is 13.3. The number of likely N-dealkylation sites (tertiary alicyclic amines) is 1. The highest BCUT2D eigenvalue weighted by atomic mass is 16.5. The van der Waals surface area contributed by atoms with E-state index in [0.717, 1.165) is 16.9 Å². The summed E-state index contributed by atoms with van der Waals surface area (Å²) < 4.78 is 11.3. The third kappa shape index (κ3) is 2.58. The molecule has 0 unspecified atom stereocenters. The largest absolute Gasteiger partial charge is 0.497 e. The van der Waals surface area contributed by atoms with Crippen LogP contribution in [0.2, 0.25) is 0 Å². The van der Waals surface area contributed by atoms with Gasteiger partial charge in [0.15, 0.2) is 0 Å². The summed E-state index contributed by atoms with van der Waals surface area (Å²) >= 11 is 0. The van der Waals surface area contributed by atoms with E-state index in [-0.39, 0.29) is 11.9 Å². The molecule has 0 aromatic heterocycles. The van der Waals surface area contributed by atoms with Crippen molar-refractivity contribution < 1.29 is 24.2 Å². The number of carboxylic acid groups (broad SMARTS) is 1. The average molecular weight is 369 g/mol. The lowest BCUT2D eigenvalue weighted by molar-refractivity contribution is -0.148. The fourth-order valence-electron chi connectivity index (χ4n) is 4.72. The van der Waals surface area contributed by atoms with E-state index < -0.39 is 29.5 Å². The quantitative estimate of drug-likeness (QED) is 0.780. The van der Waals surface area contributed by atoms with E-state index in [1.54, 1.807) is 18.1 Å². The van der Waals surface area contributed by atoms with Gasteiger partial charge >= 0.3 is 5.97 Å². The molecule has 4 rings (SSSR count). The predicted octanol–water partition coefficient (Wildman–Crippen LogP) is 2.40. The zero-order chi connectivity index (χ0) is 19.3. The first-order chi connectivity index (χ1) is 12.9. The zero-order valence-corrected chi connectivity index (χ0v) is 15.4. The van der Waals surface area contributed by atoms with Crippen LogP contribution < -0.4 is 4.74 Å². The standard InChI is InChI=1S/C21H23NO5/c1-12(2)10-16-21-9-8-15(27-21)17(20(24)25)18(21)19(23)22(16)11-13-4-6-14(26-3)7-5-13/h4-9,15-18H,1,10-11H2,2-3H3,(H,24,25)/t15-,16-,17+,18-,21-/m1/s1. The van der Waals surface area contributed by atoms with Crippen molar-refractivity contribution in [3.05, 3.63) is 54.1 Å². The number of methoxy groups -OCH3 is 1. The van der Waals surface area contributed by atoms with E-state index >= 15 is 0 Å². The second-order valence-corrected chi connectivity index (χ2v) is 7.63. The average Bonchev–Trinajstić information content (AvgIpc) is 3.27. The van der Waals surface area contributed by atoms with Crippen molar-refractivity contribution >= 4 is 11.9 Å². The van der Waals surface area contributed by atoms with Crippen LogP contribution in [0.15, 0.2) is 48.6 Å². The van der Waals surface area contributed by atoms with E-state index in [1.165, 1.54) is 0 Å². The van der Waals surface area contributed by atoms with Crippen molar-refractivity contribution in [2.75, 3.05) is 7.11 Å². The number of nitrogens with zero attached hydrogens (tertiary/aromatic N) is 1. The van der Waals surface area contributed by atoms with E-state index in [2.05, 4.69) is 6.58 Å². The Hall–Kier alpha value is -2.60. The Morgan fingerprint density at radius 3 is 2.67 bits per heavy atom. The second kappa shape index (κ2) is 6.23. The highest BCUT2D eigenvalue weighted by Gasteiger charge is 2.70. The maximum Gasteiger partial charge on any atom is 0.310 e. The summed E-state index contributed by atoms with van der Waals surface area (Å²) in [5.41, 5.74) is 1.01. The van der Waals surface area contributed by atoms with Crippen molar-refractivity contribution in [1.82, 2.24) is 4.90 Å². The number of hydrogen-bond donors (Lipinski definition) is 1. The van der Waals surface area contributed by atoms with Crippen LogP contribution in [-0.2, 0) is 20.9 Å². The minimum absolute atomic E-state index is 0.156. The molecule has 3 aliphatic rings. The topological polar surface area (TPSA) is 76.1 Å². The molecule has 3 aliphatic heterocycles. The van der Waals surface area contributed by atoms with Gasteiger partial charge in [-0.3, -0.25) is 9.59 Å². The van der Waals surface area contributed by atoms with E-state index in [4.69, 9.17) is 9.47 Å². The van der Waals surface area contributed by atoms with Gasteiger partial charge in [0.05, 0.1) is 25.2 Å². The molecule has 0 saturated carbocycles. The molecule has 2 bridgehead atoms. The Morgan fingerprint density at radius 2 is 2.07 bits per heavy atom. The minimum Gasteiger partial charge on any atom is -0.497 e. The SMILES string of the molecule is C=C(C)C[C@H]1N(Cc2ccc(OC)cc2)C(=O)[C@H]2[C@@H](C(=O)O)[C@H]3C=C[C@]21O3. The van der Waals surface area contributed by atoms with Crippen LogP contribution in [0.4, 0.5) is 0 Å². The number of ether oxygens (including phenoxy) is 2. The van der Waals surface area contributed by atoms with Gasteiger partial charge in [0.2, 0.25) is 5.91 Å². The van der Waals surface area contributed by atoms with Gasteiger partial charge in [-0.05, 0) is 31.0 Å². The number of rotatable bonds is 6. The Balaban J connectivity index is 1.70. The summed E-state index contributed by atoms with van der Waals surface area (Å²) in [7, 11) is 1.61. The molecule has 1 spiro atoms. The monoisotopic (exact) mass is 369 g/mol. The molecule has 1 amide bonds. The van der Waals surface area contributed by atoms with Crippen LogP contribution in [0, 0.1) is 11.8 Å². The summed E-state index contributed by atoms with van der Waals surface area (Å²) in [4.78, 5) is 26.9. The molecule has 0 aliphatic carbocycles. The molecule has 2 saturated heterocycles. The van der Waals surface area contributed by atoms with Gasteiger partial charge in [0, 0.05) is 6.54 Å². The molecule has 0 radical (unpaired) electrons. The third-order valence-electron chi connectivity index (χ3n) is 5.87. The number of carbonyl (C=O) groups excluding carboxylic acids is 1. The van der Waals surface area contributed by atoms with Gasteiger partial charge in [-0.25, -0.2) is 0 Å². The van der Waals surface area contributed by atoms with Gasteiger partial charge in [0.1, 0.15) is 17.3 Å².